The van der Waals surface area contributed by atoms with Crippen LogP contribution >= 0.6 is 11.6 Å². The van der Waals surface area contributed by atoms with Crippen molar-refractivity contribution in [3.8, 4) is 17.2 Å². The zero-order chi connectivity index (χ0) is 31.9. The first-order valence-electron chi connectivity index (χ1n) is 14.8. The Hall–Kier alpha value is -4.46. The molecule has 11 heteroatoms. The second-order valence-electron chi connectivity index (χ2n) is 12.9. The Labute approximate surface area is 266 Å². The van der Waals surface area contributed by atoms with Gasteiger partial charge >= 0.3 is 0 Å². The van der Waals surface area contributed by atoms with Gasteiger partial charge in [-0.15, -0.1) is 5.53 Å². The Morgan fingerprint density at radius 3 is 2.58 bits per heavy atom. The number of nitriles is 1. The molecular weight excluding hydrogens is 594 g/mol. The van der Waals surface area contributed by atoms with Gasteiger partial charge in [-0.3, -0.25) is 15.0 Å². The Morgan fingerprint density at radius 1 is 1.16 bits per heavy atom. The highest BCUT2D eigenvalue weighted by atomic mass is 35.5. The number of pyridine rings is 2. The van der Waals surface area contributed by atoms with Crippen LogP contribution in [-0.2, 0) is 0 Å². The fraction of sp³-hybridized carbons (Fsp3) is 0.324. The topological polar surface area (TPSA) is 101 Å². The molecule has 8 nitrogen and oxygen atoms in total. The number of aromatic nitrogens is 2. The van der Waals surface area contributed by atoms with E-state index in [4.69, 9.17) is 11.6 Å². The molecule has 0 radical (unpaired) electrons. The van der Waals surface area contributed by atoms with E-state index in [1.807, 2.05) is 37.3 Å². The highest BCUT2D eigenvalue weighted by Gasteiger charge is 2.56. The lowest BCUT2D eigenvalue weighted by Gasteiger charge is -2.25. The van der Waals surface area contributed by atoms with Gasteiger partial charge in [0.05, 0.1) is 33.5 Å². The number of nitrogens with zero attached hydrogens (tertiary/aromatic N) is 4. The van der Waals surface area contributed by atoms with Crippen LogP contribution in [0.15, 0.2) is 73.0 Å². The predicted molar refractivity (Wildman–Crippen MR) is 174 cm³/mol. The summed E-state index contributed by atoms with van der Waals surface area (Å²) in [6, 6.07) is 15.5. The molecule has 1 atom stereocenters. The van der Waals surface area contributed by atoms with Crippen molar-refractivity contribution in [3.05, 3.63) is 94.7 Å². The average Bonchev–Trinajstić information content (AvgIpc) is 3.69. The molecule has 0 saturated heterocycles. The summed E-state index contributed by atoms with van der Waals surface area (Å²) >= 11 is 6.82. The van der Waals surface area contributed by atoms with Crippen molar-refractivity contribution >= 4 is 33.9 Å². The maximum absolute atomic E-state index is 14.0. The van der Waals surface area contributed by atoms with Gasteiger partial charge < -0.3 is 16.1 Å². The van der Waals surface area contributed by atoms with Crippen LogP contribution in [0.1, 0.15) is 56.3 Å². The van der Waals surface area contributed by atoms with Crippen LogP contribution in [0, 0.1) is 23.7 Å². The number of nitrogens with one attached hydrogen (secondary N) is 4. The number of benzene rings is 2. The number of halogens is 3. The molecule has 0 spiro atoms. The van der Waals surface area contributed by atoms with Gasteiger partial charge in [-0.25, -0.2) is 8.78 Å². The molecule has 0 bridgehead atoms. The van der Waals surface area contributed by atoms with Gasteiger partial charge in [-0.2, -0.15) is 5.26 Å². The maximum atomic E-state index is 14.0. The van der Waals surface area contributed by atoms with E-state index in [0.717, 1.165) is 22.3 Å². The fourth-order valence-corrected chi connectivity index (χ4v) is 5.95. The van der Waals surface area contributed by atoms with Gasteiger partial charge in [0.25, 0.3) is 6.43 Å². The summed E-state index contributed by atoms with van der Waals surface area (Å²) in [7, 11) is 0. The van der Waals surface area contributed by atoms with E-state index in [1.54, 1.807) is 24.7 Å². The molecule has 0 amide bonds. The molecule has 3 heterocycles. The number of rotatable bonds is 9. The summed E-state index contributed by atoms with van der Waals surface area (Å²) < 4.78 is 28.1. The van der Waals surface area contributed by atoms with E-state index >= 15 is 0 Å². The maximum Gasteiger partial charge on any atom is 0.262 e. The van der Waals surface area contributed by atoms with Gasteiger partial charge in [-0.1, -0.05) is 50.6 Å². The lowest BCUT2D eigenvalue weighted by Crippen LogP contribution is -2.48. The van der Waals surface area contributed by atoms with E-state index in [9.17, 15) is 14.0 Å². The van der Waals surface area contributed by atoms with Crippen LogP contribution in [0.4, 0.5) is 20.2 Å². The van der Waals surface area contributed by atoms with Gasteiger partial charge in [0.2, 0.25) is 0 Å². The van der Waals surface area contributed by atoms with E-state index in [2.05, 4.69) is 64.5 Å². The second kappa shape index (κ2) is 11.8. The Balaban J connectivity index is 1.46. The molecule has 45 heavy (non-hydrogen) atoms. The lowest BCUT2D eigenvalue weighted by molar-refractivity contribution is 0.00911. The highest BCUT2D eigenvalue weighted by Crippen LogP contribution is 2.47. The lowest BCUT2D eigenvalue weighted by atomic mass is 9.92. The van der Waals surface area contributed by atoms with Crippen molar-refractivity contribution in [2.75, 3.05) is 17.2 Å². The quantitative estimate of drug-likeness (QED) is 0.150. The van der Waals surface area contributed by atoms with Crippen LogP contribution in [0.5, 0.6) is 0 Å². The zero-order valence-electron chi connectivity index (χ0n) is 25.5. The SMILES string of the molecule is Cc1c(-c2ccncc2)cccc1[C@H](Nc1cc(Cl)c2ncc(C#N)c(NCC(C)(C)C)c2c1)C1=CN(C2(C(F)F)CC2)NN1. The molecule has 4 N–H and O–H groups in total. The predicted octanol–water partition coefficient (Wildman–Crippen LogP) is 7.71. The first kappa shape index (κ1) is 30.6. The fourth-order valence-electron chi connectivity index (χ4n) is 5.68. The number of hydrogen-bond donors (Lipinski definition) is 4. The van der Waals surface area contributed by atoms with E-state index in [1.165, 1.54) is 11.2 Å². The first-order chi connectivity index (χ1) is 21.5. The Bertz CT molecular complexity index is 1810. The molecule has 0 unspecified atom stereocenters. The number of anilines is 2. The summed E-state index contributed by atoms with van der Waals surface area (Å²) in [5, 5.41) is 19.6. The minimum atomic E-state index is -2.49. The number of fused-ring (bicyclic) bond motifs is 1. The van der Waals surface area contributed by atoms with Gasteiger partial charge in [0.15, 0.2) is 0 Å². The molecule has 2 aromatic heterocycles. The van der Waals surface area contributed by atoms with Crippen molar-refractivity contribution in [1.82, 2.24) is 25.9 Å². The summed E-state index contributed by atoms with van der Waals surface area (Å²) in [4.78, 5) is 8.65. The number of hydrogen-bond acceptors (Lipinski definition) is 8. The normalized spacial score (nSPS) is 16.2. The van der Waals surface area contributed by atoms with E-state index in [0.29, 0.717) is 57.9 Å². The second-order valence-corrected chi connectivity index (χ2v) is 13.3. The molecule has 2 aliphatic rings. The van der Waals surface area contributed by atoms with Crippen LogP contribution in [0.25, 0.3) is 22.0 Å². The minimum Gasteiger partial charge on any atom is -0.383 e. The molecular formula is C34H35ClF2N8. The summed E-state index contributed by atoms with van der Waals surface area (Å²) in [6.45, 7) is 9.02. The van der Waals surface area contributed by atoms with Gasteiger partial charge in [0, 0.05) is 42.4 Å². The molecule has 4 aromatic rings. The molecule has 1 aliphatic carbocycles. The van der Waals surface area contributed by atoms with Crippen molar-refractivity contribution < 1.29 is 8.78 Å². The third-order valence-electron chi connectivity index (χ3n) is 8.38. The van der Waals surface area contributed by atoms with Crippen LogP contribution in [-0.4, -0.2) is 33.5 Å². The Morgan fingerprint density at radius 2 is 1.91 bits per heavy atom. The summed E-state index contributed by atoms with van der Waals surface area (Å²) in [6.07, 6.45) is 5.08. The zero-order valence-corrected chi connectivity index (χ0v) is 26.3. The molecule has 1 aliphatic heterocycles. The number of alkyl halides is 2. The van der Waals surface area contributed by atoms with Gasteiger partial charge in [-0.05, 0) is 71.7 Å². The largest absolute Gasteiger partial charge is 0.383 e. The monoisotopic (exact) mass is 628 g/mol. The van der Waals surface area contributed by atoms with Crippen molar-refractivity contribution in [2.45, 2.75) is 58.5 Å². The summed E-state index contributed by atoms with van der Waals surface area (Å²) in [5.41, 5.74) is 11.9. The average molecular weight is 629 g/mol. The van der Waals surface area contributed by atoms with Gasteiger partial charge in [0.1, 0.15) is 11.6 Å². The molecule has 1 fully saturated rings. The van der Waals surface area contributed by atoms with Crippen LogP contribution < -0.4 is 21.6 Å². The van der Waals surface area contributed by atoms with Crippen molar-refractivity contribution in [2.24, 2.45) is 5.41 Å². The van der Waals surface area contributed by atoms with Crippen molar-refractivity contribution in [1.29, 1.82) is 5.26 Å². The van der Waals surface area contributed by atoms with Crippen LogP contribution in [0.2, 0.25) is 5.02 Å². The van der Waals surface area contributed by atoms with Crippen LogP contribution in [0.3, 0.4) is 0 Å². The minimum absolute atomic E-state index is 0.0406. The molecule has 2 aromatic carbocycles. The van der Waals surface area contributed by atoms with Crippen molar-refractivity contribution in [3.63, 3.8) is 0 Å². The van der Waals surface area contributed by atoms with E-state index in [-0.39, 0.29) is 5.41 Å². The standard InChI is InChI=1S/C34H35ClF2N8/c1-20-24(21-8-12-39-13-9-21)6-5-7-25(20)31(28-18-45(44-43-28)34(10-11-34)32(36)37)42-23-14-26-29(41-19-33(2,3)4)22(16-38)17-40-30(26)27(35)15-23/h5-9,12-15,17-18,31-32,42-44H,10-11,19H2,1-4H3,(H,40,41)/t31-/m0/s1. The summed E-state index contributed by atoms with van der Waals surface area (Å²) in [5.74, 6) is 0. The smallest absolute Gasteiger partial charge is 0.262 e. The number of hydrazine groups is 2. The first-order valence-corrected chi connectivity index (χ1v) is 15.2. The van der Waals surface area contributed by atoms with E-state index < -0.39 is 18.0 Å². The molecule has 6 rings (SSSR count). The Kier molecular flexibility index (Phi) is 8.02. The highest BCUT2D eigenvalue weighted by molar-refractivity contribution is 6.35. The molecule has 232 valence electrons. The molecule has 1 saturated carbocycles. The third-order valence-corrected chi connectivity index (χ3v) is 8.67. The third kappa shape index (κ3) is 5.98.